The summed E-state index contributed by atoms with van der Waals surface area (Å²) in [5.74, 6) is -1.15. The second kappa shape index (κ2) is 8.32. The quantitative estimate of drug-likeness (QED) is 0.325. The van der Waals surface area contributed by atoms with E-state index in [1.54, 1.807) is 48.2 Å². The van der Waals surface area contributed by atoms with Crippen LogP contribution < -0.4 is 0 Å². The van der Waals surface area contributed by atoms with E-state index in [9.17, 15) is 13.2 Å². The number of hydrogen-bond donors (Lipinski definition) is 0. The fourth-order valence-electron chi connectivity index (χ4n) is 3.23. The van der Waals surface area contributed by atoms with Gasteiger partial charge >= 0.3 is 6.18 Å². The Bertz CT molecular complexity index is 1140. The number of halogens is 3. The van der Waals surface area contributed by atoms with E-state index in [0.717, 1.165) is 10.5 Å². The predicted octanol–water partition coefficient (Wildman–Crippen LogP) is 7.22. The molecule has 0 aliphatic heterocycles. The summed E-state index contributed by atoms with van der Waals surface area (Å²) in [6, 6.07) is 25.6. The van der Waals surface area contributed by atoms with E-state index in [2.05, 4.69) is 9.97 Å². The van der Waals surface area contributed by atoms with Crippen LogP contribution in [0.4, 0.5) is 13.2 Å². The van der Waals surface area contributed by atoms with Gasteiger partial charge in [0.1, 0.15) is 0 Å². The van der Waals surface area contributed by atoms with Gasteiger partial charge < -0.3 is 0 Å². The Kier molecular flexibility index (Phi) is 5.59. The summed E-state index contributed by atoms with van der Waals surface area (Å²) in [5, 5.41) is 0. The highest BCUT2D eigenvalue weighted by molar-refractivity contribution is 7.98. The molecule has 2 nitrogen and oxygen atoms in total. The summed E-state index contributed by atoms with van der Waals surface area (Å²) < 4.78 is 41.1. The molecule has 30 heavy (non-hydrogen) atoms. The van der Waals surface area contributed by atoms with Gasteiger partial charge in [-0.25, -0.2) is 9.97 Å². The Hall–Kier alpha value is -3.12. The van der Waals surface area contributed by atoms with Gasteiger partial charge in [0.05, 0.1) is 11.4 Å². The second-order valence-corrected chi connectivity index (χ2v) is 7.46. The second-order valence-electron chi connectivity index (χ2n) is 6.58. The largest absolute Gasteiger partial charge is 0.451 e. The monoisotopic (exact) mass is 422 g/mol. The highest BCUT2D eigenvalue weighted by Gasteiger charge is 2.36. The highest BCUT2D eigenvalue weighted by Crippen LogP contribution is 2.40. The molecule has 0 bridgehead atoms. The molecule has 0 amide bonds. The third-order valence-electron chi connectivity index (χ3n) is 4.64. The third-order valence-corrected chi connectivity index (χ3v) is 5.38. The van der Waals surface area contributed by atoms with E-state index >= 15 is 0 Å². The lowest BCUT2D eigenvalue weighted by Crippen LogP contribution is -2.13. The maximum absolute atomic E-state index is 13.7. The normalized spacial score (nSPS) is 11.5. The summed E-state index contributed by atoms with van der Waals surface area (Å²) in [4.78, 5) is 8.98. The molecule has 0 saturated carbocycles. The van der Waals surface area contributed by atoms with Gasteiger partial charge in [0, 0.05) is 21.6 Å². The number of rotatable bonds is 4. The van der Waals surface area contributed by atoms with Crippen LogP contribution in [0, 0.1) is 0 Å². The zero-order valence-electron chi connectivity index (χ0n) is 16.0. The van der Waals surface area contributed by atoms with Crippen LogP contribution in [-0.4, -0.2) is 16.2 Å². The van der Waals surface area contributed by atoms with Crippen LogP contribution in [0.1, 0.15) is 5.82 Å². The Morgan fingerprint density at radius 2 is 1.10 bits per heavy atom. The lowest BCUT2D eigenvalue weighted by Gasteiger charge is -2.17. The molecule has 6 heteroatoms. The molecule has 4 aromatic rings. The molecular weight excluding hydrogens is 405 g/mol. The highest BCUT2D eigenvalue weighted by atomic mass is 32.2. The standard InChI is InChI=1S/C24H17F3N2S/c1-30-19-14-12-18(13-15-19)22-20(16-8-4-2-5-9-16)21(17-10-6-3-7-11-17)28-23(29-22)24(25,26)27/h2-15H,1H3. The minimum Gasteiger partial charge on any atom is -0.224 e. The molecule has 0 aliphatic carbocycles. The Balaban J connectivity index is 2.08. The van der Waals surface area contributed by atoms with Crippen molar-refractivity contribution >= 4 is 11.8 Å². The van der Waals surface area contributed by atoms with Crippen molar-refractivity contribution < 1.29 is 13.2 Å². The first kappa shape index (κ1) is 20.2. The van der Waals surface area contributed by atoms with Gasteiger partial charge in [-0.2, -0.15) is 13.2 Å². The average molecular weight is 422 g/mol. The van der Waals surface area contributed by atoms with Crippen LogP contribution in [0.3, 0.4) is 0 Å². The Morgan fingerprint density at radius 1 is 0.633 bits per heavy atom. The van der Waals surface area contributed by atoms with Gasteiger partial charge in [-0.1, -0.05) is 72.8 Å². The van der Waals surface area contributed by atoms with E-state index < -0.39 is 12.0 Å². The zero-order chi connectivity index (χ0) is 21.1. The van der Waals surface area contributed by atoms with Crippen LogP contribution in [0.5, 0.6) is 0 Å². The van der Waals surface area contributed by atoms with E-state index in [0.29, 0.717) is 16.7 Å². The first-order valence-corrected chi connectivity index (χ1v) is 10.4. The Labute approximate surface area is 176 Å². The maximum atomic E-state index is 13.7. The third kappa shape index (κ3) is 4.09. The van der Waals surface area contributed by atoms with Crippen molar-refractivity contribution in [3.05, 3.63) is 90.8 Å². The van der Waals surface area contributed by atoms with Crippen molar-refractivity contribution in [2.24, 2.45) is 0 Å². The van der Waals surface area contributed by atoms with Crippen molar-refractivity contribution in [2.45, 2.75) is 11.1 Å². The number of benzene rings is 3. The first-order valence-electron chi connectivity index (χ1n) is 9.22. The molecule has 0 N–H and O–H groups in total. The molecule has 1 aromatic heterocycles. The molecule has 0 saturated heterocycles. The van der Waals surface area contributed by atoms with Gasteiger partial charge in [0.15, 0.2) is 0 Å². The summed E-state index contributed by atoms with van der Waals surface area (Å²) in [6.45, 7) is 0. The number of nitrogens with zero attached hydrogens (tertiary/aromatic N) is 2. The lowest BCUT2D eigenvalue weighted by molar-refractivity contribution is -0.144. The number of thioether (sulfide) groups is 1. The van der Waals surface area contributed by atoms with Crippen molar-refractivity contribution in [1.29, 1.82) is 0 Å². The van der Waals surface area contributed by atoms with Gasteiger partial charge in [0.25, 0.3) is 0 Å². The number of hydrogen-bond acceptors (Lipinski definition) is 3. The summed E-state index contributed by atoms with van der Waals surface area (Å²) >= 11 is 1.57. The molecular formula is C24H17F3N2S. The zero-order valence-corrected chi connectivity index (χ0v) is 16.8. The van der Waals surface area contributed by atoms with Crippen molar-refractivity contribution in [3.8, 4) is 33.6 Å². The minimum absolute atomic E-state index is 0.257. The first-order chi connectivity index (χ1) is 14.5. The molecule has 0 fully saturated rings. The van der Waals surface area contributed by atoms with Crippen LogP contribution in [-0.2, 0) is 6.18 Å². The average Bonchev–Trinajstić information content (AvgIpc) is 2.79. The molecule has 1 heterocycles. The number of aromatic nitrogens is 2. The molecule has 0 atom stereocenters. The lowest BCUT2D eigenvalue weighted by atomic mass is 9.94. The fourth-order valence-corrected chi connectivity index (χ4v) is 3.64. The molecule has 150 valence electrons. The fraction of sp³-hybridized carbons (Fsp3) is 0.0833. The van der Waals surface area contributed by atoms with Gasteiger partial charge in [-0.15, -0.1) is 11.8 Å². The molecule has 0 radical (unpaired) electrons. The Morgan fingerprint density at radius 3 is 1.57 bits per heavy atom. The smallest absolute Gasteiger partial charge is 0.224 e. The van der Waals surface area contributed by atoms with Crippen LogP contribution in [0.25, 0.3) is 33.6 Å². The van der Waals surface area contributed by atoms with E-state index in [1.807, 2.05) is 54.8 Å². The SMILES string of the molecule is CSc1ccc(-c2nc(C(F)(F)F)nc(-c3ccccc3)c2-c2ccccc2)cc1. The van der Waals surface area contributed by atoms with Crippen molar-refractivity contribution in [3.63, 3.8) is 0 Å². The van der Waals surface area contributed by atoms with Crippen LogP contribution >= 0.6 is 11.8 Å². The van der Waals surface area contributed by atoms with Gasteiger partial charge in [-0.05, 0) is 24.0 Å². The summed E-state index contributed by atoms with van der Waals surface area (Å²) in [6.07, 6.45) is -2.71. The van der Waals surface area contributed by atoms with E-state index in [4.69, 9.17) is 0 Å². The topological polar surface area (TPSA) is 25.8 Å². The maximum Gasteiger partial charge on any atom is 0.451 e. The molecule has 0 aliphatic rings. The predicted molar refractivity (Wildman–Crippen MR) is 115 cm³/mol. The summed E-state index contributed by atoms with van der Waals surface area (Å²) in [7, 11) is 0. The molecule has 3 aromatic carbocycles. The molecule has 0 spiro atoms. The summed E-state index contributed by atoms with van der Waals surface area (Å²) in [5.41, 5.74) is 3.06. The van der Waals surface area contributed by atoms with Gasteiger partial charge in [-0.3, -0.25) is 0 Å². The number of alkyl halides is 3. The van der Waals surface area contributed by atoms with E-state index in [-0.39, 0.29) is 11.4 Å². The molecule has 0 unspecified atom stereocenters. The minimum atomic E-state index is -4.66. The van der Waals surface area contributed by atoms with Crippen LogP contribution in [0.2, 0.25) is 0 Å². The van der Waals surface area contributed by atoms with Crippen molar-refractivity contribution in [2.75, 3.05) is 6.26 Å². The van der Waals surface area contributed by atoms with Crippen molar-refractivity contribution in [1.82, 2.24) is 9.97 Å². The van der Waals surface area contributed by atoms with Crippen LogP contribution in [0.15, 0.2) is 89.8 Å². The molecule has 4 rings (SSSR count). The van der Waals surface area contributed by atoms with Gasteiger partial charge in [0.2, 0.25) is 5.82 Å². The van der Waals surface area contributed by atoms with E-state index in [1.165, 1.54) is 0 Å².